The Morgan fingerprint density at radius 2 is 1.97 bits per heavy atom. The number of aromatic nitrogens is 3. The molecule has 11 heteroatoms. The Morgan fingerprint density at radius 1 is 1.19 bits per heavy atom. The largest absolute Gasteiger partial charge is 0.497 e. The number of anilines is 1. The number of rotatable bonds is 9. The first-order valence-electron chi connectivity index (χ1n) is 9.19. The Hall–Kier alpha value is -3.47. The van der Waals surface area contributed by atoms with Crippen molar-refractivity contribution in [3.63, 3.8) is 0 Å². The second-order valence-corrected chi connectivity index (χ2v) is 7.61. The Bertz CT molecular complexity index is 1060. The summed E-state index contributed by atoms with van der Waals surface area (Å²) in [6, 6.07) is 11.1. The van der Waals surface area contributed by atoms with Crippen molar-refractivity contribution in [3.8, 4) is 17.2 Å². The molecule has 9 nitrogen and oxygen atoms in total. The number of methoxy groups -OCH3 is 2. The third kappa shape index (κ3) is 5.37. The molecule has 2 aromatic carbocycles. The molecule has 31 heavy (non-hydrogen) atoms. The van der Waals surface area contributed by atoms with E-state index in [-0.39, 0.29) is 24.1 Å². The zero-order valence-electron chi connectivity index (χ0n) is 17.2. The number of nitrogen functional groups attached to an aromatic ring is 1. The number of para-hydroxylation sites is 1. The van der Waals surface area contributed by atoms with E-state index in [0.717, 1.165) is 11.8 Å². The van der Waals surface area contributed by atoms with Crippen LogP contribution in [0.15, 0.2) is 47.6 Å². The molecule has 3 N–H and O–H groups in total. The highest BCUT2D eigenvalue weighted by molar-refractivity contribution is 8.00. The van der Waals surface area contributed by atoms with Gasteiger partial charge in [-0.2, -0.15) is 0 Å². The maximum Gasteiger partial charge on any atom is 0.237 e. The normalized spacial score (nSPS) is 11.6. The van der Waals surface area contributed by atoms with Crippen LogP contribution in [0.25, 0.3) is 0 Å². The number of ether oxygens (including phenoxy) is 3. The fourth-order valence-electron chi connectivity index (χ4n) is 2.55. The quantitative estimate of drug-likeness (QED) is 0.380. The van der Waals surface area contributed by atoms with Crippen LogP contribution >= 0.6 is 11.8 Å². The van der Waals surface area contributed by atoms with Gasteiger partial charge in [-0.3, -0.25) is 4.79 Å². The summed E-state index contributed by atoms with van der Waals surface area (Å²) in [6.45, 7) is 1.63. The van der Waals surface area contributed by atoms with Gasteiger partial charge in [0, 0.05) is 6.07 Å². The number of nitrogens with zero attached hydrogens (tertiary/aromatic N) is 3. The molecule has 0 aliphatic heterocycles. The van der Waals surface area contributed by atoms with E-state index in [2.05, 4.69) is 15.5 Å². The van der Waals surface area contributed by atoms with Gasteiger partial charge in [-0.1, -0.05) is 23.9 Å². The van der Waals surface area contributed by atoms with E-state index in [1.54, 1.807) is 37.3 Å². The maximum atomic E-state index is 13.7. The van der Waals surface area contributed by atoms with Gasteiger partial charge in [-0.15, -0.1) is 10.2 Å². The molecule has 0 saturated heterocycles. The van der Waals surface area contributed by atoms with Crippen molar-refractivity contribution in [2.24, 2.45) is 0 Å². The Labute approximate surface area is 182 Å². The number of halogens is 1. The molecule has 164 valence electrons. The lowest BCUT2D eigenvalue weighted by Crippen LogP contribution is -2.24. The zero-order valence-corrected chi connectivity index (χ0v) is 18.0. The van der Waals surface area contributed by atoms with Gasteiger partial charge in [-0.05, 0) is 31.2 Å². The van der Waals surface area contributed by atoms with Crippen LogP contribution in [0.3, 0.4) is 0 Å². The Morgan fingerprint density at radius 3 is 2.68 bits per heavy atom. The molecule has 1 aromatic heterocycles. The molecule has 0 bridgehead atoms. The smallest absolute Gasteiger partial charge is 0.237 e. The van der Waals surface area contributed by atoms with E-state index in [0.29, 0.717) is 22.3 Å². The molecule has 0 saturated carbocycles. The summed E-state index contributed by atoms with van der Waals surface area (Å²) in [5, 5.41) is 10.5. The zero-order chi connectivity index (χ0) is 22.4. The van der Waals surface area contributed by atoms with E-state index in [9.17, 15) is 9.18 Å². The number of benzene rings is 2. The van der Waals surface area contributed by atoms with Crippen LogP contribution in [0.1, 0.15) is 12.7 Å². The molecule has 3 aromatic rings. The van der Waals surface area contributed by atoms with E-state index in [1.165, 1.54) is 31.0 Å². The summed E-state index contributed by atoms with van der Waals surface area (Å²) < 4.78 is 30.7. The van der Waals surface area contributed by atoms with Crippen molar-refractivity contribution in [1.29, 1.82) is 0 Å². The predicted molar refractivity (Wildman–Crippen MR) is 114 cm³/mol. The average Bonchev–Trinajstić information content (AvgIpc) is 3.12. The van der Waals surface area contributed by atoms with Crippen LogP contribution < -0.4 is 25.4 Å². The fourth-order valence-corrected chi connectivity index (χ4v) is 3.34. The van der Waals surface area contributed by atoms with Crippen molar-refractivity contribution < 1.29 is 23.4 Å². The molecule has 0 unspecified atom stereocenters. The van der Waals surface area contributed by atoms with Gasteiger partial charge in [0.25, 0.3) is 0 Å². The van der Waals surface area contributed by atoms with Crippen molar-refractivity contribution in [1.82, 2.24) is 14.9 Å². The first kappa shape index (κ1) is 22.2. The SMILES string of the molecule is COc1ccc(OC)c(NC(=O)[C@H](C)Sc2nnc(COc3ccccc3F)n2N)c1. The summed E-state index contributed by atoms with van der Waals surface area (Å²) in [6.07, 6.45) is 0. The van der Waals surface area contributed by atoms with Crippen LogP contribution in [0.2, 0.25) is 0 Å². The number of carbonyl (C=O) groups is 1. The topological polar surface area (TPSA) is 114 Å². The minimum Gasteiger partial charge on any atom is -0.497 e. The third-order valence-corrected chi connectivity index (χ3v) is 5.30. The summed E-state index contributed by atoms with van der Waals surface area (Å²) >= 11 is 1.12. The first-order chi connectivity index (χ1) is 14.9. The molecule has 0 fully saturated rings. The summed E-state index contributed by atoms with van der Waals surface area (Å²) in [5.74, 6) is 6.69. The minimum absolute atomic E-state index is 0.0768. The van der Waals surface area contributed by atoms with Crippen LogP contribution in [-0.4, -0.2) is 40.3 Å². The Kier molecular flexibility index (Phi) is 7.19. The number of carbonyl (C=O) groups excluding carboxylic acids is 1. The highest BCUT2D eigenvalue weighted by Gasteiger charge is 2.21. The van der Waals surface area contributed by atoms with Crippen molar-refractivity contribution in [2.75, 3.05) is 25.4 Å². The number of nitrogens with one attached hydrogen (secondary N) is 1. The molecule has 1 atom stereocenters. The molecule has 0 aliphatic rings. The molecular weight excluding hydrogens is 425 g/mol. The van der Waals surface area contributed by atoms with Crippen LogP contribution in [-0.2, 0) is 11.4 Å². The number of amides is 1. The highest BCUT2D eigenvalue weighted by atomic mass is 32.2. The van der Waals surface area contributed by atoms with Crippen LogP contribution in [0.4, 0.5) is 10.1 Å². The average molecular weight is 447 g/mol. The van der Waals surface area contributed by atoms with Crippen molar-refractivity contribution in [2.45, 2.75) is 23.9 Å². The highest BCUT2D eigenvalue weighted by Crippen LogP contribution is 2.30. The van der Waals surface area contributed by atoms with E-state index >= 15 is 0 Å². The van der Waals surface area contributed by atoms with E-state index < -0.39 is 11.1 Å². The van der Waals surface area contributed by atoms with Gasteiger partial charge in [0.1, 0.15) is 18.1 Å². The lowest BCUT2D eigenvalue weighted by molar-refractivity contribution is -0.115. The number of hydrogen-bond acceptors (Lipinski definition) is 8. The standard InChI is InChI=1S/C20H22FN5O4S/c1-12(19(27)23-15-10-13(28-2)8-9-17(15)29-3)31-20-25-24-18(26(20)22)11-30-16-7-5-4-6-14(16)21/h4-10,12H,11,22H2,1-3H3,(H,23,27)/t12-/m0/s1. The maximum absolute atomic E-state index is 13.7. The molecule has 0 aliphatic carbocycles. The first-order valence-corrected chi connectivity index (χ1v) is 10.1. The van der Waals surface area contributed by atoms with Crippen LogP contribution in [0.5, 0.6) is 17.2 Å². The minimum atomic E-state index is -0.553. The number of nitrogens with two attached hydrogens (primary N) is 1. The second kappa shape index (κ2) is 10.0. The lowest BCUT2D eigenvalue weighted by Gasteiger charge is -2.14. The molecule has 1 amide bonds. The van der Waals surface area contributed by atoms with Gasteiger partial charge in [0.2, 0.25) is 11.1 Å². The lowest BCUT2D eigenvalue weighted by atomic mass is 10.2. The van der Waals surface area contributed by atoms with Gasteiger partial charge in [0.05, 0.1) is 25.2 Å². The van der Waals surface area contributed by atoms with Gasteiger partial charge in [-0.25, -0.2) is 9.07 Å². The fraction of sp³-hybridized carbons (Fsp3) is 0.250. The molecule has 0 radical (unpaired) electrons. The summed E-state index contributed by atoms with van der Waals surface area (Å²) in [7, 11) is 3.05. The van der Waals surface area contributed by atoms with Gasteiger partial charge >= 0.3 is 0 Å². The Balaban J connectivity index is 1.63. The molecule has 3 rings (SSSR count). The van der Waals surface area contributed by atoms with Gasteiger partial charge in [0.15, 0.2) is 17.4 Å². The molecule has 0 spiro atoms. The van der Waals surface area contributed by atoms with E-state index in [1.807, 2.05) is 0 Å². The predicted octanol–water partition coefficient (Wildman–Crippen LogP) is 2.85. The second-order valence-electron chi connectivity index (χ2n) is 6.30. The summed E-state index contributed by atoms with van der Waals surface area (Å²) in [4.78, 5) is 12.7. The molecule has 1 heterocycles. The number of thioether (sulfide) groups is 1. The monoisotopic (exact) mass is 447 g/mol. The van der Waals surface area contributed by atoms with Crippen molar-refractivity contribution in [3.05, 3.63) is 54.1 Å². The summed E-state index contributed by atoms with van der Waals surface area (Å²) in [5.41, 5.74) is 0.479. The third-order valence-electron chi connectivity index (χ3n) is 4.24. The van der Waals surface area contributed by atoms with Gasteiger partial charge < -0.3 is 25.4 Å². The van der Waals surface area contributed by atoms with E-state index in [4.69, 9.17) is 20.1 Å². The molecular formula is C20H22FN5O4S. The van der Waals surface area contributed by atoms with Crippen molar-refractivity contribution >= 4 is 23.4 Å². The van der Waals surface area contributed by atoms with Crippen LogP contribution in [0, 0.1) is 5.82 Å². The number of hydrogen-bond donors (Lipinski definition) is 2.